The van der Waals surface area contributed by atoms with Gasteiger partial charge in [0.15, 0.2) is 17.1 Å². The van der Waals surface area contributed by atoms with Gasteiger partial charge >= 0.3 is 18.3 Å². The number of nitrogens with one attached hydrogen (secondary N) is 4. The minimum absolute atomic E-state index is 0.164. The van der Waals surface area contributed by atoms with E-state index in [1.54, 1.807) is 0 Å². The summed E-state index contributed by atoms with van der Waals surface area (Å²) in [6.07, 6.45) is 0. The number of benzene rings is 4. The molecule has 0 atom stereocenters. The quantitative estimate of drug-likeness (QED) is 0.0269. The second-order valence-corrected chi connectivity index (χ2v) is 22.9. The summed E-state index contributed by atoms with van der Waals surface area (Å²) in [5.41, 5.74) is -1.21. The summed E-state index contributed by atoms with van der Waals surface area (Å²) in [5, 5.41) is 42.5. The molecule has 6 rings (SSSR count). The number of sulfonamides is 2. The van der Waals surface area contributed by atoms with Crippen LogP contribution in [0.4, 0.5) is 22.7 Å². The van der Waals surface area contributed by atoms with Crippen molar-refractivity contribution in [3.8, 4) is 22.9 Å². The fourth-order valence-electron chi connectivity index (χ4n) is 5.52. The Kier molecular flexibility index (Phi) is 13.8. The van der Waals surface area contributed by atoms with Crippen LogP contribution in [0.15, 0.2) is 135 Å². The smallest absolute Gasteiger partial charge is 0.324 e. The first kappa shape index (κ1) is 47.5. The Morgan fingerprint density at radius 2 is 1.05 bits per heavy atom. The van der Waals surface area contributed by atoms with E-state index in [1.165, 1.54) is 74.5 Å². The number of para-hydroxylation sites is 1. The summed E-state index contributed by atoms with van der Waals surface area (Å²) in [5.74, 6) is -1.47. The predicted octanol–water partition coefficient (Wildman–Crippen LogP) is 4.55. The standard InChI is InChI=1S/C34H32N10O14S6/c1-19-30(33(47)43(41-19)21-6-10-23(11-7-21)59-63(53,54)55)39-37-26-15-14-25(18-28(26)45)61(49,50)35-16-17-36-62(51,52)29-5-3-4-27(32(29)46)38-40-31-20(2)42-44(34(31)48)22-8-12-24(13-9-22)60-64(56,57)58/h3-15,18,35-36,41-42,45-46H,16-17H2,1-2H3,(H,53,54,55)(H,56,57,58). The Hall–Kier alpha value is -5.96. The van der Waals surface area contributed by atoms with Crippen LogP contribution in [0.2, 0.25) is 0 Å². The molecule has 0 aliphatic heterocycles. The van der Waals surface area contributed by atoms with Crippen LogP contribution >= 0.6 is 21.6 Å². The minimum Gasteiger partial charge on any atom is -0.506 e. The largest absolute Gasteiger partial charge is 0.506 e. The maximum atomic E-state index is 13.1. The number of aromatic nitrogens is 4. The second kappa shape index (κ2) is 18.6. The molecule has 0 radical (unpaired) electrons. The highest BCUT2D eigenvalue weighted by Crippen LogP contribution is 2.35. The Labute approximate surface area is 369 Å². The number of rotatable bonds is 17. The average Bonchev–Trinajstić information content (AvgIpc) is 3.66. The summed E-state index contributed by atoms with van der Waals surface area (Å²) in [7, 11) is -17.1. The Morgan fingerprint density at radius 3 is 1.50 bits per heavy atom. The number of azo groups is 2. The molecule has 0 unspecified atom stereocenters. The number of aromatic amines is 2. The summed E-state index contributed by atoms with van der Waals surface area (Å²) < 4.78 is 121. The summed E-state index contributed by atoms with van der Waals surface area (Å²) in [6.45, 7) is 2.01. The summed E-state index contributed by atoms with van der Waals surface area (Å²) in [4.78, 5) is 25.5. The molecule has 24 nitrogen and oxygen atoms in total. The van der Waals surface area contributed by atoms with E-state index < -0.39 is 83.8 Å². The molecule has 0 amide bonds. The highest BCUT2D eigenvalue weighted by molar-refractivity contribution is 8.70. The molecule has 0 aliphatic rings. The number of aromatic hydroxyl groups is 2. The summed E-state index contributed by atoms with van der Waals surface area (Å²) >= 11 is 0. The lowest BCUT2D eigenvalue weighted by atomic mass is 10.3. The summed E-state index contributed by atoms with van der Waals surface area (Å²) in [6, 6.07) is 17.6. The number of H-pyrrole nitrogens is 2. The molecule has 0 bridgehead atoms. The van der Waals surface area contributed by atoms with Crippen molar-refractivity contribution in [1.29, 1.82) is 0 Å². The van der Waals surface area contributed by atoms with Crippen LogP contribution in [0.25, 0.3) is 11.4 Å². The highest BCUT2D eigenvalue weighted by atomic mass is 33.2. The van der Waals surface area contributed by atoms with Gasteiger partial charge in [0.05, 0.1) is 27.7 Å². The SMILES string of the molecule is Cc1[nH]n(-c2ccc(SS(=O)(=O)O)cc2)c(=O)c1N=Nc1ccc(S(=O)(=O)NCCNS(=O)(=O)c2cccc(N=Nc3c(C)[nH]n(-c4ccc(SS(=O)(=O)O)cc4)c3=O)c2O)cc1O. The third kappa shape index (κ3) is 11.4. The van der Waals surface area contributed by atoms with Crippen molar-refractivity contribution >= 4 is 82.7 Å². The van der Waals surface area contributed by atoms with E-state index in [1.807, 2.05) is 0 Å². The second-order valence-electron chi connectivity index (χ2n) is 12.9. The molecular weight excluding hydrogens is 965 g/mol. The van der Waals surface area contributed by atoms with Crippen LogP contribution in [-0.4, -0.2) is 85.6 Å². The number of phenols is 2. The first-order chi connectivity index (χ1) is 29.9. The van der Waals surface area contributed by atoms with E-state index in [0.717, 1.165) is 33.6 Å². The number of nitrogens with zero attached hydrogens (tertiary/aromatic N) is 6. The van der Waals surface area contributed by atoms with Crippen LogP contribution in [0.5, 0.6) is 11.5 Å². The van der Waals surface area contributed by atoms with Crippen LogP contribution in [0, 0.1) is 13.8 Å². The van der Waals surface area contributed by atoms with Crippen molar-refractivity contribution in [1.82, 2.24) is 29.0 Å². The topological polar surface area (TPSA) is 367 Å². The molecule has 0 saturated heterocycles. The molecule has 338 valence electrons. The van der Waals surface area contributed by atoms with Crippen molar-refractivity contribution in [3.63, 3.8) is 0 Å². The first-order valence-corrected chi connectivity index (χ1v) is 26.1. The van der Waals surface area contributed by atoms with Gasteiger partial charge in [-0.05, 0) is 86.6 Å². The predicted molar refractivity (Wildman–Crippen MR) is 232 cm³/mol. The minimum atomic E-state index is -4.49. The lowest BCUT2D eigenvalue weighted by Gasteiger charge is -2.11. The Morgan fingerprint density at radius 1 is 0.594 bits per heavy atom. The third-order valence-electron chi connectivity index (χ3n) is 8.42. The van der Waals surface area contributed by atoms with E-state index in [0.29, 0.717) is 5.69 Å². The fourth-order valence-corrected chi connectivity index (χ4v) is 10.8. The zero-order valence-corrected chi connectivity index (χ0v) is 37.4. The zero-order chi connectivity index (χ0) is 46.8. The van der Waals surface area contributed by atoms with Gasteiger partial charge in [0.1, 0.15) is 22.0 Å². The van der Waals surface area contributed by atoms with Crippen LogP contribution in [0.1, 0.15) is 11.4 Å². The molecule has 8 N–H and O–H groups in total. The molecular formula is C34H32N10O14S6. The van der Waals surface area contributed by atoms with Gasteiger partial charge in [0.2, 0.25) is 20.0 Å². The van der Waals surface area contributed by atoms with Gasteiger partial charge in [-0.3, -0.25) is 28.9 Å². The monoisotopic (exact) mass is 996 g/mol. The van der Waals surface area contributed by atoms with Crippen LogP contribution in [-0.2, 0) is 38.3 Å². The van der Waals surface area contributed by atoms with Crippen molar-refractivity contribution < 1.29 is 53.0 Å². The lowest BCUT2D eigenvalue weighted by molar-refractivity contribution is 0.459. The molecule has 0 spiro atoms. The molecule has 2 aromatic heterocycles. The van der Waals surface area contributed by atoms with Crippen molar-refractivity contribution in [2.45, 2.75) is 33.4 Å². The molecule has 0 fully saturated rings. The molecule has 0 saturated carbocycles. The normalized spacial score (nSPS) is 12.8. The first-order valence-electron chi connectivity index (χ1n) is 17.6. The number of phenolic OH excluding ortho intramolecular Hbond substituents is 2. The number of hydrogen-bond acceptors (Lipinski definition) is 18. The van der Waals surface area contributed by atoms with Gasteiger partial charge in [-0.2, -0.15) is 16.8 Å². The lowest BCUT2D eigenvalue weighted by Crippen LogP contribution is -2.34. The maximum absolute atomic E-state index is 13.1. The van der Waals surface area contributed by atoms with Gasteiger partial charge in [0, 0.05) is 50.5 Å². The number of aryl methyl sites for hydroxylation is 2. The highest BCUT2D eigenvalue weighted by Gasteiger charge is 2.23. The molecule has 2 heterocycles. The Bertz CT molecular complexity index is 3400. The van der Waals surface area contributed by atoms with E-state index >= 15 is 0 Å². The maximum Gasteiger partial charge on any atom is 0.324 e. The van der Waals surface area contributed by atoms with Crippen LogP contribution < -0.4 is 20.6 Å². The molecule has 4 aromatic carbocycles. The third-order valence-corrected chi connectivity index (χ3v) is 15.1. The van der Waals surface area contributed by atoms with Crippen molar-refractivity contribution in [2.24, 2.45) is 20.5 Å². The zero-order valence-electron chi connectivity index (χ0n) is 32.5. The van der Waals surface area contributed by atoms with Crippen molar-refractivity contribution in [3.05, 3.63) is 117 Å². The number of hydrogen-bond donors (Lipinski definition) is 8. The van der Waals surface area contributed by atoms with Crippen molar-refractivity contribution in [2.75, 3.05) is 13.1 Å². The van der Waals surface area contributed by atoms with E-state index in [2.05, 4.69) is 40.1 Å². The van der Waals surface area contributed by atoms with E-state index in [4.69, 9.17) is 9.11 Å². The van der Waals surface area contributed by atoms with Gasteiger partial charge in [-0.25, -0.2) is 35.6 Å². The van der Waals surface area contributed by atoms with Crippen LogP contribution in [0.3, 0.4) is 0 Å². The van der Waals surface area contributed by atoms with Gasteiger partial charge < -0.3 is 10.2 Å². The van der Waals surface area contributed by atoms with Gasteiger partial charge in [0.25, 0.3) is 11.1 Å². The molecule has 30 heteroatoms. The molecule has 64 heavy (non-hydrogen) atoms. The van der Waals surface area contributed by atoms with Gasteiger partial charge in [-0.1, -0.05) is 6.07 Å². The molecule has 6 aromatic rings. The van der Waals surface area contributed by atoms with E-state index in [9.17, 15) is 53.5 Å². The fraction of sp³-hybridized carbons (Fsp3) is 0.118. The Balaban J connectivity index is 1.07. The van der Waals surface area contributed by atoms with Gasteiger partial charge in [-0.15, -0.1) is 20.5 Å². The average molecular weight is 997 g/mol. The van der Waals surface area contributed by atoms with E-state index in [-0.39, 0.29) is 71.2 Å². The molecule has 0 aliphatic carbocycles.